The quantitative estimate of drug-likeness (QED) is 0.764. The average molecular weight is 255 g/mol. The predicted molar refractivity (Wildman–Crippen MR) is 72.8 cm³/mol. The number of halogens is 1. The molecule has 0 radical (unpaired) electrons. The van der Waals surface area contributed by atoms with Crippen LogP contribution in [0, 0.1) is 5.82 Å². The van der Waals surface area contributed by atoms with Crippen LogP contribution >= 0.6 is 0 Å². The first-order chi connectivity index (χ1) is 9.16. The Morgan fingerprint density at radius 1 is 1.21 bits per heavy atom. The highest BCUT2D eigenvalue weighted by Crippen LogP contribution is 2.32. The van der Waals surface area contributed by atoms with Crippen molar-refractivity contribution in [2.24, 2.45) is 0 Å². The van der Waals surface area contributed by atoms with Crippen LogP contribution in [-0.2, 0) is 6.42 Å². The highest BCUT2D eigenvalue weighted by atomic mass is 19.1. The van der Waals surface area contributed by atoms with E-state index < -0.39 is 0 Å². The van der Waals surface area contributed by atoms with Gasteiger partial charge >= 0.3 is 0 Å². The number of benzene rings is 2. The van der Waals surface area contributed by atoms with Crippen molar-refractivity contribution in [2.45, 2.75) is 19.4 Å². The van der Waals surface area contributed by atoms with Gasteiger partial charge in [0.2, 0.25) is 0 Å². The van der Waals surface area contributed by atoms with Gasteiger partial charge in [-0.25, -0.2) is 4.39 Å². The molecule has 2 aromatic rings. The molecular formula is C16H14FNO. The van der Waals surface area contributed by atoms with Crippen molar-refractivity contribution in [3.05, 3.63) is 65.5 Å². The Morgan fingerprint density at radius 3 is 2.79 bits per heavy atom. The van der Waals surface area contributed by atoms with Crippen molar-refractivity contribution in [1.29, 1.82) is 0 Å². The van der Waals surface area contributed by atoms with Crippen LogP contribution in [0.2, 0.25) is 0 Å². The maximum absolute atomic E-state index is 13.2. The lowest BCUT2D eigenvalue weighted by molar-refractivity contribution is 0.0981. The molecule has 1 aliphatic rings. The highest BCUT2D eigenvalue weighted by Gasteiger charge is 2.31. The Hall–Kier alpha value is -2.16. The van der Waals surface area contributed by atoms with E-state index in [-0.39, 0.29) is 17.8 Å². The monoisotopic (exact) mass is 255 g/mol. The summed E-state index contributed by atoms with van der Waals surface area (Å²) >= 11 is 0. The summed E-state index contributed by atoms with van der Waals surface area (Å²) in [5.41, 5.74) is 2.49. The molecule has 0 saturated heterocycles. The summed E-state index contributed by atoms with van der Waals surface area (Å²) < 4.78 is 13.2. The Morgan fingerprint density at radius 2 is 2.00 bits per heavy atom. The number of fused-ring (bicyclic) bond motifs is 1. The maximum atomic E-state index is 13.2. The summed E-state index contributed by atoms with van der Waals surface area (Å²) in [6.45, 7) is 2.01. The zero-order chi connectivity index (χ0) is 13.4. The molecule has 1 aliphatic heterocycles. The van der Waals surface area contributed by atoms with Crippen LogP contribution in [0.4, 0.5) is 10.1 Å². The zero-order valence-electron chi connectivity index (χ0n) is 10.6. The van der Waals surface area contributed by atoms with Crippen LogP contribution in [-0.4, -0.2) is 11.9 Å². The molecule has 19 heavy (non-hydrogen) atoms. The van der Waals surface area contributed by atoms with E-state index >= 15 is 0 Å². The van der Waals surface area contributed by atoms with E-state index in [4.69, 9.17) is 0 Å². The first kappa shape index (κ1) is 11.9. The van der Waals surface area contributed by atoms with Crippen molar-refractivity contribution < 1.29 is 9.18 Å². The number of amides is 1. The van der Waals surface area contributed by atoms with Crippen molar-refractivity contribution in [3.63, 3.8) is 0 Å². The topological polar surface area (TPSA) is 20.3 Å². The standard InChI is InChI=1S/C16H14FNO/c1-11-9-12-5-2-3-8-15(12)18(11)16(19)13-6-4-7-14(17)10-13/h2-8,10-11H,9H2,1H3/t11-/m0/s1. The number of para-hydroxylation sites is 1. The first-order valence-corrected chi connectivity index (χ1v) is 6.34. The largest absolute Gasteiger partial charge is 0.305 e. The number of hydrogen-bond acceptors (Lipinski definition) is 1. The molecule has 1 atom stereocenters. The smallest absolute Gasteiger partial charge is 0.258 e. The Kier molecular flexibility index (Phi) is 2.82. The lowest BCUT2D eigenvalue weighted by Gasteiger charge is -2.22. The fourth-order valence-electron chi connectivity index (χ4n) is 2.64. The second-order valence-corrected chi connectivity index (χ2v) is 4.87. The molecule has 96 valence electrons. The minimum absolute atomic E-state index is 0.105. The second-order valence-electron chi connectivity index (χ2n) is 4.87. The number of rotatable bonds is 1. The highest BCUT2D eigenvalue weighted by molar-refractivity contribution is 6.07. The van der Waals surface area contributed by atoms with Crippen LogP contribution < -0.4 is 4.90 Å². The predicted octanol–water partition coefficient (Wildman–Crippen LogP) is 3.42. The molecule has 0 spiro atoms. The van der Waals surface area contributed by atoms with Gasteiger partial charge < -0.3 is 4.90 Å². The maximum Gasteiger partial charge on any atom is 0.258 e. The lowest BCUT2D eigenvalue weighted by Crippen LogP contribution is -2.35. The van der Waals surface area contributed by atoms with Crippen LogP contribution in [0.5, 0.6) is 0 Å². The Labute approximate surface area is 111 Å². The van der Waals surface area contributed by atoms with Gasteiger partial charge in [0.25, 0.3) is 5.91 Å². The number of anilines is 1. The van der Waals surface area contributed by atoms with E-state index in [9.17, 15) is 9.18 Å². The van der Waals surface area contributed by atoms with E-state index in [0.717, 1.165) is 12.1 Å². The van der Waals surface area contributed by atoms with Gasteiger partial charge in [0.15, 0.2) is 0 Å². The van der Waals surface area contributed by atoms with Crippen LogP contribution in [0.3, 0.4) is 0 Å². The second kappa shape index (κ2) is 4.50. The number of carbonyl (C=O) groups excluding carboxylic acids is 1. The molecule has 0 N–H and O–H groups in total. The molecule has 0 fully saturated rings. The third-order valence-corrected chi connectivity index (χ3v) is 3.50. The first-order valence-electron chi connectivity index (χ1n) is 6.34. The van der Waals surface area contributed by atoms with Gasteiger partial charge in [-0.05, 0) is 43.2 Å². The molecular weight excluding hydrogens is 241 g/mol. The Bertz CT molecular complexity index is 638. The number of carbonyl (C=O) groups is 1. The lowest BCUT2D eigenvalue weighted by atomic mass is 10.1. The summed E-state index contributed by atoms with van der Waals surface area (Å²) in [5, 5.41) is 0. The molecule has 0 unspecified atom stereocenters. The molecule has 1 heterocycles. The van der Waals surface area contributed by atoms with Crippen molar-refractivity contribution in [2.75, 3.05) is 4.90 Å². The normalized spacial score (nSPS) is 17.4. The van der Waals surface area contributed by atoms with Gasteiger partial charge in [-0.1, -0.05) is 24.3 Å². The van der Waals surface area contributed by atoms with Gasteiger partial charge in [0, 0.05) is 17.3 Å². The molecule has 0 saturated carbocycles. The fourth-order valence-corrected chi connectivity index (χ4v) is 2.64. The van der Waals surface area contributed by atoms with Gasteiger partial charge in [0.1, 0.15) is 5.82 Å². The van der Waals surface area contributed by atoms with Gasteiger partial charge in [0.05, 0.1) is 0 Å². The van der Waals surface area contributed by atoms with E-state index in [0.29, 0.717) is 5.56 Å². The van der Waals surface area contributed by atoms with Crippen LogP contribution in [0.1, 0.15) is 22.8 Å². The summed E-state index contributed by atoms with van der Waals surface area (Å²) in [6, 6.07) is 13.8. The molecule has 2 nitrogen and oxygen atoms in total. The van der Waals surface area contributed by atoms with Crippen LogP contribution in [0.25, 0.3) is 0 Å². The van der Waals surface area contributed by atoms with Gasteiger partial charge in [-0.3, -0.25) is 4.79 Å². The van der Waals surface area contributed by atoms with Crippen molar-refractivity contribution in [1.82, 2.24) is 0 Å². The van der Waals surface area contributed by atoms with E-state index in [1.165, 1.54) is 17.7 Å². The molecule has 3 rings (SSSR count). The van der Waals surface area contributed by atoms with Gasteiger partial charge in [-0.15, -0.1) is 0 Å². The molecule has 1 amide bonds. The van der Waals surface area contributed by atoms with Crippen molar-refractivity contribution in [3.8, 4) is 0 Å². The Balaban J connectivity index is 2.01. The molecule has 0 aromatic heterocycles. The summed E-state index contributed by atoms with van der Waals surface area (Å²) in [4.78, 5) is 14.3. The number of hydrogen-bond donors (Lipinski definition) is 0. The molecule has 0 aliphatic carbocycles. The van der Waals surface area contributed by atoms with Crippen LogP contribution in [0.15, 0.2) is 48.5 Å². The molecule has 0 bridgehead atoms. The summed E-state index contributed by atoms with van der Waals surface area (Å²) in [5.74, 6) is -0.525. The zero-order valence-corrected chi connectivity index (χ0v) is 10.6. The average Bonchev–Trinajstić information content (AvgIpc) is 2.74. The van der Waals surface area contributed by atoms with Crippen molar-refractivity contribution >= 4 is 11.6 Å². The van der Waals surface area contributed by atoms with E-state index in [1.807, 2.05) is 31.2 Å². The summed E-state index contributed by atoms with van der Waals surface area (Å²) in [6.07, 6.45) is 0.844. The molecule has 3 heteroatoms. The molecule has 2 aromatic carbocycles. The van der Waals surface area contributed by atoms with E-state index in [2.05, 4.69) is 0 Å². The SMILES string of the molecule is C[C@H]1Cc2ccccc2N1C(=O)c1cccc(F)c1. The van der Waals surface area contributed by atoms with E-state index in [1.54, 1.807) is 17.0 Å². The minimum Gasteiger partial charge on any atom is -0.305 e. The third-order valence-electron chi connectivity index (χ3n) is 3.50. The summed E-state index contributed by atoms with van der Waals surface area (Å²) in [7, 11) is 0. The number of nitrogens with zero attached hydrogens (tertiary/aromatic N) is 1. The fraction of sp³-hybridized carbons (Fsp3) is 0.188. The van der Waals surface area contributed by atoms with Gasteiger partial charge in [-0.2, -0.15) is 0 Å². The minimum atomic E-state index is -0.383. The third kappa shape index (κ3) is 2.01.